The van der Waals surface area contributed by atoms with E-state index in [0.29, 0.717) is 28.9 Å². The lowest BCUT2D eigenvalue weighted by Crippen LogP contribution is -2.45. The molecule has 0 aromatic heterocycles. The number of benzene rings is 2. The molecule has 2 heterocycles. The number of likely N-dealkylation sites (tertiary alicyclic amines) is 1. The fraction of sp³-hybridized carbons (Fsp3) is 0.458. The largest absolute Gasteiger partial charge is 0.492 e. The fourth-order valence-corrected chi connectivity index (χ4v) is 6.37. The highest BCUT2D eigenvalue weighted by Gasteiger charge is 2.43. The molecule has 0 bridgehead atoms. The van der Waals surface area contributed by atoms with Crippen molar-refractivity contribution in [3.05, 3.63) is 57.1 Å². The third kappa shape index (κ3) is 5.34. The predicted octanol–water partition coefficient (Wildman–Crippen LogP) is 6.46. The van der Waals surface area contributed by atoms with Gasteiger partial charge in [0.25, 0.3) is 0 Å². The van der Waals surface area contributed by atoms with Crippen molar-refractivity contribution in [1.82, 2.24) is 4.90 Å². The van der Waals surface area contributed by atoms with Crippen LogP contribution in [0.2, 0.25) is 10.0 Å². The highest BCUT2D eigenvalue weighted by Crippen LogP contribution is 2.47. The van der Waals surface area contributed by atoms with Gasteiger partial charge in [-0.2, -0.15) is 0 Å². The molecular formula is C24H28Cl3NO3S. The number of carboxylic acids is 1. The van der Waals surface area contributed by atoms with Crippen molar-refractivity contribution >= 4 is 53.3 Å². The van der Waals surface area contributed by atoms with Crippen molar-refractivity contribution in [3.8, 4) is 5.75 Å². The normalized spacial score (nSPS) is 18.0. The topological polar surface area (TPSA) is 49.8 Å². The maximum Gasteiger partial charge on any atom is 0.307 e. The molecule has 0 amide bonds. The highest BCUT2D eigenvalue weighted by atomic mass is 35.5. The number of piperidine rings is 1. The van der Waals surface area contributed by atoms with E-state index in [1.165, 1.54) is 5.56 Å². The number of hydrogen-bond donors (Lipinski definition) is 1. The van der Waals surface area contributed by atoms with Crippen LogP contribution in [0.15, 0.2) is 35.2 Å². The summed E-state index contributed by atoms with van der Waals surface area (Å²) in [6.07, 6.45) is 1.99. The van der Waals surface area contributed by atoms with Crippen LogP contribution in [0, 0.1) is 12.8 Å². The smallest absolute Gasteiger partial charge is 0.307 e. The average molecular weight is 517 g/mol. The standard InChI is InChI=1S/C24H27Cl2NO3S.ClH/c1-15-9-20(25)18(21(26)10-15)13-31-17-3-4-19-22(11-17)30-14-24(19)5-7-27(8-6-24)12-16(2)23(28)29;/h3-4,9-11,16H,5-8,12-14H2,1-2H3,(H,28,29);1H. The van der Waals surface area contributed by atoms with E-state index in [1.807, 2.05) is 19.1 Å². The van der Waals surface area contributed by atoms with Gasteiger partial charge in [0.2, 0.25) is 0 Å². The molecule has 1 unspecified atom stereocenters. The SMILES string of the molecule is Cc1cc(Cl)c(CSc2ccc3c(c2)OCC32CCN(CC(C)C(=O)O)CC2)c(Cl)c1.Cl. The molecule has 32 heavy (non-hydrogen) atoms. The maximum atomic E-state index is 11.2. The second-order valence-corrected chi connectivity index (χ2v) is 10.6. The van der Waals surface area contributed by atoms with Gasteiger partial charge in [-0.15, -0.1) is 24.2 Å². The summed E-state index contributed by atoms with van der Waals surface area (Å²) in [4.78, 5) is 14.6. The van der Waals surface area contributed by atoms with Gasteiger partial charge in [0, 0.05) is 38.2 Å². The molecule has 0 saturated carbocycles. The molecule has 0 aliphatic carbocycles. The van der Waals surface area contributed by atoms with E-state index in [2.05, 4.69) is 23.1 Å². The van der Waals surface area contributed by atoms with Gasteiger partial charge >= 0.3 is 5.97 Å². The molecular weight excluding hydrogens is 489 g/mol. The van der Waals surface area contributed by atoms with Gasteiger partial charge in [0.05, 0.1) is 12.5 Å². The molecule has 2 aliphatic heterocycles. The first-order chi connectivity index (χ1) is 14.8. The van der Waals surface area contributed by atoms with E-state index >= 15 is 0 Å². The molecule has 1 saturated heterocycles. The second-order valence-electron chi connectivity index (χ2n) is 8.76. The Morgan fingerprint density at radius 2 is 1.88 bits per heavy atom. The number of halogens is 3. The number of aliphatic carboxylic acids is 1. The summed E-state index contributed by atoms with van der Waals surface area (Å²) < 4.78 is 6.12. The van der Waals surface area contributed by atoms with Crippen LogP contribution in [0.1, 0.15) is 36.5 Å². The van der Waals surface area contributed by atoms with Gasteiger partial charge in [0.15, 0.2) is 0 Å². The summed E-state index contributed by atoms with van der Waals surface area (Å²) in [5, 5.41) is 10.6. The lowest BCUT2D eigenvalue weighted by molar-refractivity contribution is -0.141. The van der Waals surface area contributed by atoms with Crippen LogP contribution in [0.3, 0.4) is 0 Å². The summed E-state index contributed by atoms with van der Waals surface area (Å²) in [5.74, 6) is 0.612. The van der Waals surface area contributed by atoms with Gasteiger partial charge in [-0.3, -0.25) is 4.79 Å². The molecule has 4 rings (SSSR count). The molecule has 174 valence electrons. The molecule has 0 radical (unpaired) electrons. The Morgan fingerprint density at radius 1 is 1.22 bits per heavy atom. The van der Waals surface area contributed by atoms with Gasteiger partial charge in [0.1, 0.15) is 5.75 Å². The first-order valence-electron chi connectivity index (χ1n) is 10.6. The Kier molecular flexibility index (Phi) is 8.32. The van der Waals surface area contributed by atoms with Crippen molar-refractivity contribution in [3.63, 3.8) is 0 Å². The summed E-state index contributed by atoms with van der Waals surface area (Å²) in [5.41, 5.74) is 3.35. The van der Waals surface area contributed by atoms with Crippen LogP contribution in [-0.2, 0) is 16.0 Å². The number of carbonyl (C=O) groups is 1. The van der Waals surface area contributed by atoms with Crippen LogP contribution in [0.5, 0.6) is 5.75 Å². The Morgan fingerprint density at radius 3 is 2.50 bits per heavy atom. The third-order valence-corrected chi connectivity index (χ3v) is 8.16. The number of carboxylic acid groups (broad SMARTS) is 1. The minimum atomic E-state index is -0.729. The lowest BCUT2D eigenvalue weighted by atomic mass is 9.74. The first kappa shape index (κ1) is 25.5. The number of thioether (sulfide) groups is 1. The van der Waals surface area contributed by atoms with Gasteiger partial charge in [-0.05, 0) is 68.2 Å². The zero-order chi connectivity index (χ0) is 22.2. The summed E-state index contributed by atoms with van der Waals surface area (Å²) in [6, 6.07) is 10.4. The predicted molar refractivity (Wildman–Crippen MR) is 134 cm³/mol. The molecule has 1 spiro atoms. The number of rotatable bonds is 6. The van der Waals surface area contributed by atoms with Gasteiger partial charge in [-0.25, -0.2) is 0 Å². The molecule has 2 aromatic carbocycles. The Bertz CT molecular complexity index is 969. The van der Waals surface area contributed by atoms with Crippen molar-refractivity contribution in [2.75, 3.05) is 26.2 Å². The quantitative estimate of drug-likeness (QED) is 0.446. The Balaban J connectivity index is 0.00000289. The van der Waals surface area contributed by atoms with Crippen LogP contribution >= 0.6 is 47.4 Å². The maximum absolute atomic E-state index is 11.2. The van der Waals surface area contributed by atoms with E-state index < -0.39 is 5.97 Å². The van der Waals surface area contributed by atoms with E-state index in [1.54, 1.807) is 18.7 Å². The van der Waals surface area contributed by atoms with Gasteiger partial charge < -0.3 is 14.7 Å². The van der Waals surface area contributed by atoms with Crippen molar-refractivity contribution in [2.24, 2.45) is 5.92 Å². The summed E-state index contributed by atoms with van der Waals surface area (Å²) in [7, 11) is 0. The molecule has 1 atom stereocenters. The van der Waals surface area contributed by atoms with E-state index in [9.17, 15) is 4.79 Å². The molecule has 2 aromatic rings. The molecule has 1 fully saturated rings. The third-order valence-electron chi connectivity index (χ3n) is 6.46. The van der Waals surface area contributed by atoms with Crippen molar-refractivity contribution in [2.45, 2.75) is 42.8 Å². The van der Waals surface area contributed by atoms with Gasteiger partial charge in [-0.1, -0.05) is 36.2 Å². The zero-order valence-electron chi connectivity index (χ0n) is 18.2. The lowest BCUT2D eigenvalue weighted by Gasteiger charge is -2.39. The van der Waals surface area contributed by atoms with Crippen LogP contribution < -0.4 is 4.74 Å². The minimum absolute atomic E-state index is 0. The molecule has 1 N–H and O–H groups in total. The van der Waals surface area contributed by atoms with Crippen LogP contribution in [0.25, 0.3) is 0 Å². The van der Waals surface area contributed by atoms with Crippen LogP contribution in [0.4, 0.5) is 0 Å². The number of hydrogen-bond acceptors (Lipinski definition) is 4. The number of aryl methyl sites for hydroxylation is 1. The summed E-state index contributed by atoms with van der Waals surface area (Å²) in [6.45, 7) is 6.88. The van der Waals surface area contributed by atoms with Crippen LogP contribution in [-0.4, -0.2) is 42.2 Å². The Hall–Kier alpha value is -1.11. The van der Waals surface area contributed by atoms with Crippen molar-refractivity contribution in [1.29, 1.82) is 0 Å². The zero-order valence-corrected chi connectivity index (χ0v) is 21.3. The van der Waals surface area contributed by atoms with Crippen molar-refractivity contribution < 1.29 is 14.6 Å². The second kappa shape index (κ2) is 10.4. The number of ether oxygens (including phenoxy) is 1. The number of nitrogens with zero attached hydrogens (tertiary/aromatic N) is 1. The molecule has 4 nitrogen and oxygen atoms in total. The monoisotopic (exact) mass is 515 g/mol. The number of fused-ring (bicyclic) bond motifs is 2. The minimum Gasteiger partial charge on any atom is -0.492 e. The average Bonchev–Trinajstić information content (AvgIpc) is 3.06. The van der Waals surface area contributed by atoms with E-state index in [-0.39, 0.29) is 23.7 Å². The molecule has 2 aliphatic rings. The fourth-order valence-electron chi connectivity index (χ4n) is 4.51. The first-order valence-corrected chi connectivity index (χ1v) is 12.3. The molecule has 8 heteroatoms. The highest BCUT2D eigenvalue weighted by molar-refractivity contribution is 7.98. The summed E-state index contributed by atoms with van der Waals surface area (Å²) >= 11 is 14.5. The van der Waals surface area contributed by atoms with E-state index in [4.69, 9.17) is 33.0 Å². The van der Waals surface area contributed by atoms with E-state index in [0.717, 1.165) is 47.7 Å². The Labute approximate surface area is 210 Å².